The van der Waals surface area contributed by atoms with E-state index in [0.717, 1.165) is 5.75 Å². The lowest BCUT2D eigenvalue weighted by Crippen LogP contribution is -1.78. The maximum absolute atomic E-state index is 4.85. The molecule has 0 unspecified atom stereocenters. The first-order valence-corrected chi connectivity index (χ1v) is 2.64. The average Bonchev–Trinajstić information content (AvgIpc) is 2.14. The molecule has 0 bridgehead atoms. The Kier molecular flexibility index (Phi) is 1.39. The summed E-state index contributed by atoms with van der Waals surface area (Å²) in [7, 11) is 1.60. The summed E-state index contributed by atoms with van der Waals surface area (Å²) in [6.45, 7) is 0. The van der Waals surface area contributed by atoms with Gasteiger partial charge in [0.2, 0.25) is 0 Å². The predicted octanol–water partition coefficient (Wildman–Crippen LogP) is 1.58. The molecule has 0 fully saturated rings. The Balaban J connectivity index is 2.92. The van der Waals surface area contributed by atoms with Crippen molar-refractivity contribution in [3.05, 3.63) is 12.3 Å². The molecule has 0 saturated heterocycles. The van der Waals surface area contributed by atoms with Crippen molar-refractivity contribution in [1.29, 1.82) is 0 Å². The van der Waals surface area contributed by atoms with Crippen LogP contribution in [0, 0.1) is 0 Å². The van der Waals surface area contributed by atoms with Crippen molar-refractivity contribution in [1.82, 2.24) is 4.98 Å². The Morgan fingerprint density at radius 3 is 2.75 bits per heavy atom. The van der Waals surface area contributed by atoms with E-state index < -0.39 is 0 Å². The van der Waals surface area contributed by atoms with Crippen LogP contribution in [0.1, 0.15) is 0 Å². The van der Waals surface area contributed by atoms with Crippen LogP contribution in [0.15, 0.2) is 17.3 Å². The maximum atomic E-state index is 4.85. The normalized spacial score (nSPS) is 9.12. The van der Waals surface area contributed by atoms with Gasteiger partial charge in [-0.15, -0.1) is 0 Å². The Morgan fingerprint density at radius 2 is 2.50 bits per heavy atom. The second kappa shape index (κ2) is 2.05. The molecule has 1 N–H and O–H groups in total. The minimum atomic E-state index is 0.660. The Hall–Kier alpha value is -0.700. The Morgan fingerprint density at radius 1 is 1.75 bits per heavy atom. The van der Waals surface area contributed by atoms with E-state index in [1.807, 2.05) is 0 Å². The first kappa shape index (κ1) is 5.44. The topological polar surface area (TPSA) is 25.0 Å². The standard InChI is InChI=1S/C5H6NOS/c1-7-4-2-3-6-5(4)8/h2-3,6H,1H3. The summed E-state index contributed by atoms with van der Waals surface area (Å²) in [5.41, 5.74) is 0. The Labute approximate surface area is 53.3 Å². The van der Waals surface area contributed by atoms with Crippen molar-refractivity contribution in [2.24, 2.45) is 0 Å². The van der Waals surface area contributed by atoms with Gasteiger partial charge < -0.3 is 9.72 Å². The molecule has 1 rings (SSSR count). The highest BCUT2D eigenvalue weighted by atomic mass is 32.1. The van der Waals surface area contributed by atoms with Crippen LogP contribution in [-0.4, -0.2) is 12.1 Å². The van der Waals surface area contributed by atoms with E-state index in [1.54, 1.807) is 19.4 Å². The fourth-order valence-corrected chi connectivity index (χ4v) is 0.720. The second-order valence-electron chi connectivity index (χ2n) is 1.38. The molecule has 8 heavy (non-hydrogen) atoms. The first-order chi connectivity index (χ1) is 3.84. The monoisotopic (exact) mass is 128 g/mol. The zero-order valence-electron chi connectivity index (χ0n) is 4.47. The molecule has 0 atom stereocenters. The molecule has 0 amide bonds. The molecular weight excluding hydrogens is 122 g/mol. The van der Waals surface area contributed by atoms with Crippen molar-refractivity contribution in [3.8, 4) is 5.75 Å². The van der Waals surface area contributed by atoms with Gasteiger partial charge in [-0.05, 0) is 6.07 Å². The van der Waals surface area contributed by atoms with Gasteiger partial charge in [-0.3, -0.25) is 0 Å². The molecule has 3 heteroatoms. The quantitative estimate of drug-likeness (QED) is 0.610. The van der Waals surface area contributed by atoms with Crippen LogP contribution >= 0.6 is 12.6 Å². The summed E-state index contributed by atoms with van der Waals surface area (Å²) < 4.78 is 4.85. The molecule has 0 aliphatic rings. The van der Waals surface area contributed by atoms with Gasteiger partial charge in [0, 0.05) is 6.20 Å². The number of hydrogen-bond acceptors (Lipinski definition) is 1. The summed E-state index contributed by atoms with van der Waals surface area (Å²) in [4.78, 5) is 2.81. The van der Waals surface area contributed by atoms with Gasteiger partial charge in [-0.1, -0.05) is 12.6 Å². The zero-order chi connectivity index (χ0) is 5.98. The highest BCUT2D eigenvalue weighted by molar-refractivity contribution is 7.80. The van der Waals surface area contributed by atoms with Crippen LogP contribution < -0.4 is 4.74 Å². The van der Waals surface area contributed by atoms with Crippen LogP contribution in [0.3, 0.4) is 0 Å². The van der Waals surface area contributed by atoms with Crippen LogP contribution in [0.25, 0.3) is 0 Å². The molecule has 0 spiro atoms. The summed E-state index contributed by atoms with van der Waals surface area (Å²) in [5.74, 6) is 0.736. The third-order valence-corrected chi connectivity index (χ3v) is 1.21. The number of hydrogen-bond donors (Lipinski definition) is 1. The van der Waals surface area contributed by atoms with Crippen molar-refractivity contribution < 1.29 is 4.74 Å². The van der Waals surface area contributed by atoms with Gasteiger partial charge in [0.15, 0.2) is 5.75 Å². The first-order valence-electron chi connectivity index (χ1n) is 2.23. The number of H-pyrrole nitrogens is 1. The van der Waals surface area contributed by atoms with Crippen LogP contribution in [0.5, 0.6) is 5.75 Å². The van der Waals surface area contributed by atoms with Crippen molar-refractivity contribution in [3.63, 3.8) is 0 Å². The van der Waals surface area contributed by atoms with E-state index in [4.69, 9.17) is 17.4 Å². The fraction of sp³-hybridized carbons (Fsp3) is 0.200. The lowest BCUT2D eigenvalue weighted by atomic mass is 10.6. The molecule has 0 aromatic carbocycles. The predicted molar refractivity (Wildman–Crippen MR) is 33.2 cm³/mol. The second-order valence-corrected chi connectivity index (χ2v) is 1.78. The zero-order valence-corrected chi connectivity index (χ0v) is 5.29. The lowest BCUT2D eigenvalue weighted by molar-refractivity contribution is 0.405. The van der Waals surface area contributed by atoms with Gasteiger partial charge in [-0.25, -0.2) is 0 Å². The summed E-state index contributed by atoms with van der Waals surface area (Å²) in [6.07, 6.45) is 1.75. The number of aromatic nitrogens is 1. The van der Waals surface area contributed by atoms with Gasteiger partial charge in [0.25, 0.3) is 0 Å². The third kappa shape index (κ3) is 0.767. The summed E-state index contributed by atoms with van der Waals surface area (Å²) in [5, 5.41) is 0.660. The van der Waals surface area contributed by atoms with Gasteiger partial charge >= 0.3 is 0 Å². The van der Waals surface area contributed by atoms with Crippen LogP contribution in [0.4, 0.5) is 0 Å². The molecule has 0 aliphatic heterocycles. The third-order valence-electron chi connectivity index (χ3n) is 0.893. The van der Waals surface area contributed by atoms with E-state index in [-0.39, 0.29) is 0 Å². The highest BCUT2D eigenvalue weighted by Gasteiger charge is 1.95. The van der Waals surface area contributed by atoms with E-state index in [9.17, 15) is 0 Å². The van der Waals surface area contributed by atoms with Crippen molar-refractivity contribution in [2.45, 2.75) is 5.03 Å². The number of nitrogens with one attached hydrogen (secondary N) is 1. The summed E-state index contributed by atoms with van der Waals surface area (Å²) >= 11 is 4.80. The Bertz CT molecular complexity index is 173. The molecule has 0 saturated carbocycles. The van der Waals surface area contributed by atoms with Crippen molar-refractivity contribution >= 4 is 12.6 Å². The van der Waals surface area contributed by atoms with E-state index >= 15 is 0 Å². The van der Waals surface area contributed by atoms with Gasteiger partial charge in [0.05, 0.1) is 7.11 Å². The average molecular weight is 128 g/mol. The molecule has 1 heterocycles. The molecule has 1 radical (unpaired) electrons. The molecule has 1 aromatic rings. The maximum Gasteiger partial charge on any atom is 0.154 e. The van der Waals surface area contributed by atoms with E-state index in [2.05, 4.69) is 4.98 Å². The number of rotatable bonds is 1. The highest BCUT2D eigenvalue weighted by Crippen LogP contribution is 2.18. The number of ether oxygens (including phenoxy) is 1. The van der Waals surface area contributed by atoms with Crippen molar-refractivity contribution in [2.75, 3.05) is 7.11 Å². The van der Waals surface area contributed by atoms with Gasteiger partial charge in [0.1, 0.15) is 5.03 Å². The van der Waals surface area contributed by atoms with Crippen LogP contribution in [-0.2, 0) is 0 Å². The molecule has 0 aliphatic carbocycles. The van der Waals surface area contributed by atoms with Gasteiger partial charge in [-0.2, -0.15) is 0 Å². The molecular formula is C5H6NOS. The van der Waals surface area contributed by atoms with E-state index in [1.165, 1.54) is 0 Å². The molecule has 1 aromatic heterocycles. The smallest absolute Gasteiger partial charge is 0.154 e. The minimum Gasteiger partial charge on any atom is -0.494 e. The molecule has 43 valence electrons. The molecule has 2 nitrogen and oxygen atoms in total. The van der Waals surface area contributed by atoms with Crippen LogP contribution in [0.2, 0.25) is 0 Å². The largest absolute Gasteiger partial charge is 0.494 e. The SMILES string of the molecule is COc1cc[nH]c1[S]. The number of aromatic amines is 1. The summed E-state index contributed by atoms with van der Waals surface area (Å²) in [6, 6.07) is 1.79. The fourth-order valence-electron chi connectivity index (χ4n) is 0.501. The number of methoxy groups -OCH3 is 1. The lowest BCUT2D eigenvalue weighted by Gasteiger charge is -1.91. The van der Waals surface area contributed by atoms with E-state index in [0.29, 0.717) is 5.03 Å². The minimum absolute atomic E-state index is 0.660.